The molecule has 1 N–H and O–H groups in total. The van der Waals surface area contributed by atoms with Crippen LogP contribution in [0.5, 0.6) is 0 Å². The van der Waals surface area contributed by atoms with E-state index in [2.05, 4.69) is 59.9 Å². The number of carbonyl (C=O) groups is 1. The molecule has 0 unspecified atom stereocenters. The summed E-state index contributed by atoms with van der Waals surface area (Å²) in [5.41, 5.74) is 7.67. The Morgan fingerprint density at radius 2 is 1.86 bits per heavy atom. The summed E-state index contributed by atoms with van der Waals surface area (Å²) in [6.45, 7) is 1.65. The van der Waals surface area contributed by atoms with Gasteiger partial charge >= 0.3 is 0 Å². The molecule has 3 atom stereocenters. The summed E-state index contributed by atoms with van der Waals surface area (Å²) in [7, 11) is 0. The van der Waals surface area contributed by atoms with Gasteiger partial charge < -0.3 is 5.32 Å². The number of hydrogen-bond donors (Lipinski definition) is 1. The van der Waals surface area contributed by atoms with E-state index >= 15 is 0 Å². The number of allylic oxidation sites excluding steroid dienone is 2. The van der Waals surface area contributed by atoms with Crippen LogP contribution in [0.3, 0.4) is 0 Å². The van der Waals surface area contributed by atoms with E-state index in [-0.39, 0.29) is 5.78 Å². The fourth-order valence-electron chi connectivity index (χ4n) is 5.66. The summed E-state index contributed by atoms with van der Waals surface area (Å²) < 4.78 is 0. The van der Waals surface area contributed by atoms with Crippen molar-refractivity contribution >= 4 is 22.2 Å². The second-order valence-corrected chi connectivity index (χ2v) is 8.49. The first-order chi connectivity index (χ1) is 13.7. The molecular weight excluding hydrogens is 342 g/mol. The molecule has 2 heteroatoms. The molecule has 3 aliphatic rings. The van der Waals surface area contributed by atoms with E-state index in [0.29, 0.717) is 17.9 Å². The molecule has 0 saturated carbocycles. The monoisotopic (exact) mass is 365 g/mol. The molecule has 0 radical (unpaired) electrons. The summed E-state index contributed by atoms with van der Waals surface area (Å²) in [5.74, 6) is 1.01. The first-order valence-corrected chi connectivity index (χ1v) is 10.3. The molecule has 2 nitrogen and oxygen atoms in total. The molecule has 0 saturated heterocycles. The van der Waals surface area contributed by atoms with Gasteiger partial charge in [0.15, 0.2) is 5.78 Å². The largest absolute Gasteiger partial charge is 0.378 e. The number of aryl methyl sites for hydroxylation is 2. The van der Waals surface area contributed by atoms with Crippen LogP contribution in [0.1, 0.15) is 57.9 Å². The zero-order chi connectivity index (χ0) is 18.8. The van der Waals surface area contributed by atoms with E-state index in [1.807, 2.05) is 6.07 Å². The highest BCUT2D eigenvalue weighted by Crippen LogP contribution is 2.51. The Kier molecular flexibility index (Phi) is 3.35. The third kappa shape index (κ3) is 2.18. The summed E-state index contributed by atoms with van der Waals surface area (Å²) >= 11 is 0. The summed E-state index contributed by atoms with van der Waals surface area (Å²) in [4.78, 5) is 11.9. The number of ketones is 1. The van der Waals surface area contributed by atoms with Gasteiger partial charge in [-0.25, -0.2) is 0 Å². The van der Waals surface area contributed by atoms with Crippen molar-refractivity contribution in [2.45, 2.75) is 38.1 Å². The fraction of sp³-hybridized carbons (Fsp3) is 0.269. The molecule has 0 fully saturated rings. The highest BCUT2D eigenvalue weighted by Gasteiger charge is 2.39. The Balaban J connectivity index is 1.51. The van der Waals surface area contributed by atoms with Crippen LogP contribution in [0, 0.1) is 5.92 Å². The van der Waals surface area contributed by atoms with Gasteiger partial charge in [0.1, 0.15) is 0 Å². The SMILES string of the molecule is CC(=O)c1ccc2c(c1)[C@@H]1C=CC[C@@H]1[C@H](c1ccc3c4c(cccc14)CC3)N2. The van der Waals surface area contributed by atoms with Crippen molar-refractivity contribution in [1.29, 1.82) is 0 Å². The number of hydrogen-bond acceptors (Lipinski definition) is 2. The standard InChI is InChI=1S/C26H23NO/c1-15(28)18-11-13-24-23(14-18)19-5-3-7-21(19)26(27-24)22-12-10-17-9-8-16-4-2-6-20(22)25(16)17/h2-6,10-14,19,21,26-27H,7-9H2,1H3/t19-,21+,26-/m1/s1. The minimum Gasteiger partial charge on any atom is -0.378 e. The third-order valence-electron chi connectivity index (χ3n) is 7.01. The normalized spacial score (nSPS) is 24.1. The van der Waals surface area contributed by atoms with Crippen LogP contribution >= 0.6 is 0 Å². The molecule has 1 aliphatic heterocycles. The van der Waals surface area contributed by atoms with Crippen molar-refractivity contribution < 1.29 is 4.79 Å². The lowest BCUT2D eigenvalue weighted by atomic mass is 9.75. The number of nitrogens with one attached hydrogen (secondary N) is 1. The maximum Gasteiger partial charge on any atom is 0.159 e. The molecule has 1 heterocycles. The lowest BCUT2D eigenvalue weighted by molar-refractivity contribution is 0.101. The number of benzene rings is 3. The topological polar surface area (TPSA) is 29.1 Å². The van der Waals surface area contributed by atoms with Crippen molar-refractivity contribution in [1.82, 2.24) is 0 Å². The van der Waals surface area contributed by atoms with Gasteiger partial charge in [0, 0.05) is 17.2 Å². The van der Waals surface area contributed by atoms with E-state index in [1.54, 1.807) is 6.92 Å². The maximum atomic E-state index is 11.9. The summed E-state index contributed by atoms with van der Waals surface area (Å²) in [6.07, 6.45) is 8.08. The zero-order valence-corrected chi connectivity index (χ0v) is 16.0. The number of rotatable bonds is 2. The molecule has 0 spiro atoms. The van der Waals surface area contributed by atoms with Crippen LogP contribution in [0.2, 0.25) is 0 Å². The molecule has 0 amide bonds. The quantitative estimate of drug-likeness (QED) is 0.448. The predicted octanol–water partition coefficient (Wildman–Crippen LogP) is 5.97. The Bertz CT molecular complexity index is 1160. The van der Waals surface area contributed by atoms with Gasteiger partial charge in [0.25, 0.3) is 0 Å². The fourth-order valence-corrected chi connectivity index (χ4v) is 5.66. The average molecular weight is 365 g/mol. The van der Waals surface area contributed by atoms with Crippen LogP contribution in [0.4, 0.5) is 5.69 Å². The van der Waals surface area contributed by atoms with Gasteiger partial charge in [-0.15, -0.1) is 0 Å². The van der Waals surface area contributed by atoms with Crippen LogP contribution in [-0.2, 0) is 12.8 Å². The number of Topliss-reactive ketones (excluding diaryl/α,β-unsaturated/α-hetero) is 1. The van der Waals surface area contributed by atoms with E-state index < -0.39 is 0 Å². The second-order valence-electron chi connectivity index (χ2n) is 8.49. The lowest BCUT2D eigenvalue weighted by Crippen LogP contribution is -2.29. The molecule has 0 aromatic heterocycles. The van der Waals surface area contributed by atoms with Gasteiger partial charge in [-0.3, -0.25) is 4.79 Å². The highest BCUT2D eigenvalue weighted by molar-refractivity contribution is 5.95. The Morgan fingerprint density at radius 3 is 2.71 bits per heavy atom. The molecule has 2 aliphatic carbocycles. The van der Waals surface area contributed by atoms with Gasteiger partial charge in [0.2, 0.25) is 0 Å². The third-order valence-corrected chi connectivity index (χ3v) is 7.01. The number of fused-ring (bicyclic) bond motifs is 3. The smallest absolute Gasteiger partial charge is 0.159 e. The first-order valence-electron chi connectivity index (χ1n) is 10.3. The zero-order valence-electron chi connectivity index (χ0n) is 16.0. The minimum absolute atomic E-state index is 0.135. The maximum absolute atomic E-state index is 11.9. The molecule has 3 aromatic carbocycles. The van der Waals surface area contributed by atoms with E-state index in [0.717, 1.165) is 12.0 Å². The van der Waals surface area contributed by atoms with Gasteiger partial charge in [-0.2, -0.15) is 0 Å². The molecule has 0 bridgehead atoms. The average Bonchev–Trinajstić information content (AvgIpc) is 3.36. The molecule has 138 valence electrons. The lowest BCUT2D eigenvalue weighted by Gasteiger charge is -2.38. The van der Waals surface area contributed by atoms with E-state index in [1.165, 1.54) is 51.6 Å². The van der Waals surface area contributed by atoms with Crippen molar-refractivity contribution in [3.05, 3.63) is 88.5 Å². The van der Waals surface area contributed by atoms with Crippen molar-refractivity contribution in [2.75, 3.05) is 5.32 Å². The van der Waals surface area contributed by atoms with Crippen molar-refractivity contribution in [3.8, 4) is 0 Å². The number of carbonyl (C=O) groups excluding carboxylic acids is 1. The van der Waals surface area contributed by atoms with Crippen LogP contribution in [0.25, 0.3) is 10.8 Å². The molecular formula is C26H23NO. The number of anilines is 1. The van der Waals surface area contributed by atoms with Crippen molar-refractivity contribution in [2.24, 2.45) is 5.92 Å². The van der Waals surface area contributed by atoms with Crippen LogP contribution < -0.4 is 5.32 Å². The van der Waals surface area contributed by atoms with Crippen LogP contribution in [0.15, 0.2) is 60.7 Å². The second kappa shape index (κ2) is 5.81. The minimum atomic E-state index is 0.135. The van der Waals surface area contributed by atoms with Crippen LogP contribution in [-0.4, -0.2) is 5.78 Å². The Hall–Kier alpha value is -2.87. The Labute approximate surface area is 165 Å². The van der Waals surface area contributed by atoms with Crippen molar-refractivity contribution in [3.63, 3.8) is 0 Å². The van der Waals surface area contributed by atoms with Gasteiger partial charge in [-0.05, 0) is 83.3 Å². The Morgan fingerprint density at radius 1 is 1.00 bits per heavy atom. The summed E-state index contributed by atoms with van der Waals surface area (Å²) in [6, 6.07) is 18.0. The molecule has 28 heavy (non-hydrogen) atoms. The van der Waals surface area contributed by atoms with E-state index in [4.69, 9.17) is 0 Å². The highest BCUT2D eigenvalue weighted by atomic mass is 16.1. The van der Waals surface area contributed by atoms with Gasteiger partial charge in [0.05, 0.1) is 6.04 Å². The van der Waals surface area contributed by atoms with E-state index in [9.17, 15) is 4.79 Å². The summed E-state index contributed by atoms with van der Waals surface area (Å²) in [5, 5.41) is 6.76. The van der Waals surface area contributed by atoms with Gasteiger partial charge in [-0.1, -0.05) is 42.5 Å². The molecule has 6 rings (SSSR count). The first kappa shape index (κ1) is 16.1. The molecule has 3 aromatic rings. The predicted molar refractivity (Wildman–Crippen MR) is 114 cm³/mol.